The van der Waals surface area contributed by atoms with Gasteiger partial charge >= 0.3 is 0 Å². The van der Waals surface area contributed by atoms with Crippen LogP contribution in [0.4, 0.5) is 5.69 Å². The summed E-state index contributed by atoms with van der Waals surface area (Å²) in [6.07, 6.45) is 2.65. The average molecular weight is 333 g/mol. The van der Waals surface area contributed by atoms with Crippen LogP contribution in [0.2, 0.25) is 0 Å². The number of amides is 2. The van der Waals surface area contributed by atoms with Crippen molar-refractivity contribution >= 4 is 17.5 Å². The number of carbonyl (C=O) groups excluding carboxylic acids is 2. The molecule has 0 saturated carbocycles. The number of nitro groups is 1. The molecule has 2 rings (SSSR count). The van der Waals surface area contributed by atoms with Gasteiger partial charge in [0.25, 0.3) is 5.69 Å². The second-order valence-electron chi connectivity index (χ2n) is 6.01. The smallest absolute Gasteiger partial charge is 0.274 e. The molecule has 1 aliphatic rings. The van der Waals surface area contributed by atoms with E-state index < -0.39 is 4.92 Å². The molecule has 0 spiro atoms. The summed E-state index contributed by atoms with van der Waals surface area (Å²) in [5, 5.41) is 13.8. The third-order valence-corrected chi connectivity index (χ3v) is 4.32. The number of rotatable bonds is 6. The fourth-order valence-electron chi connectivity index (χ4n) is 2.93. The second kappa shape index (κ2) is 8.42. The Hall–Kier alpha value is -2.44. The van der Waals surface area contributed by atoms with E-state index in [0.717, 1.165) is 6.42 Å². The zero-order valence-electron chi connectivity index (χ0n) is 13.9. The normalized spacial score (nSPS) is 15.1. The maximum atomic E-state index is 12.3. The molecule has 1 aliphatic heterocycles. The van der Waals surface area contributed by atoms with Crippen molar-refractivity contribution in [2.75, 3.05) is 13.1 Å². The molecule has 1 heterocycles. The van der Waals surface area contributed by atoms with Gasteiger partial charge in [-0.25, -0.2) is 0 Å². The SMILES string of the molecule is CCCC(=O)N1CCC(C(=O)NCc2ccccc2[N+](=O)[O-])CC1. The number of nitrogens with one attached hydrogen (secondary N) is 1. The molecule has 1 aromatic carbocycles. The van der Waals surface area contributed by atoms with Gasteiger partial charge in [0.1, 0.15) is 0 Å². The zero-order valence-corrected chi connectivity index (χ0v) is 13.9. The van der Waals surface area contributed by atoms with Gasteiger partial charge in [-0.15, -0.1) is 0 Å². The Morgan fingerprint density at radius 1 is 1.29 bits per heavy atom. The van der Waals surface area contributed by atoms with Crippen molar-refractivity contribution < 1.29 is 14.5 Å². The van der Waals surface area contributed by atoms with E-state index in [4.69, 9.17) is 0 Å². The van der Waals surface area contributed by atoms with Crippen molar-refractivity contribution in [3.63, 3.8) is 0 Å². The summed E-state index contributed by atoms with van der Waals surface area (Å²) < 4.78 is 0. The molecule has 0 atom stereocenters. The van der Waals surface area contributed by atoms with E-state index >= 15 is 0 Å². The third kappa shape index (κ3) is 4.53. The highest BCUT2D eigenvalue weighted by Crippen LogP contribution is 2.20. The number of para-hydroxylation sites is 1. The summed E-state index contributed by atoms with van der Waals surface area (Å²) >= 11 is 0. The van der Waals surface area contributed by atoms with Crippen LogP contribution in [0.3, 0.4) is 0 Å². The molecule has 24 heavy (non-hydrogen) atoms. The second-order valence-corrected chi connectivity index (χ2v) is 6.01. The molecule has 0 unspecified atom stereocenters. The Labute approximate surface area is 141 Å². The maximum absolute atomic E-state index is 12.3. The largest absolute Gasteiger partial charge is 0.352 e. The van der Waals surface area contributed by atoms with Crippen LogP contribution in [0.1, 0.15) is 38.2 Å². The topological polar surface area (TPSA) is 92.6 Å². The first-order valence-corrected chi connectivity index (χ1v) is 8.30. The summed E-state index contributed by atoms with van der Waals surface area (Å²) in [4.78, 5) is 36.5. The Kier molecular flexibility index (Phi) is 6.28. The van der Waals surface area contributed by atoms with E-state index in [9.17, 15) is 19.7 Å². The minimum absolute atomic E-state index is 0.0118. The zero-order chi connectivity index (χ0) is 17.5. The van der Waals surface area contributed by atoms with Gasteiger partial charge in [-0.2, -0.15) is 0 Å². The molecule has 7 nitrogen and oxygen atoms in total. The summed E-state index contributed by atoms with van der Waals surface area (Å²) in [5.41, 5.74) is 0.504. The first kappa shape index (κ1) is 17.9. The number of piperidine rings is 1. The molecule has 1 fully saturated rings. The van der Waals surface area contributed by atoms with Crippen molar-refractivity contribution in [3.05, 3.63) is 39.9 Å². The predicted octanol–water partition coefficient (Wildman–Crippen LogP) is 2.25. The average Bonchev–Trinajstić information content (AvgIpc) is 2.60. The van der Waals surface area contributed by atoms with E-state index in [2.05, 4.69) is 5.32 Å². The van der Waals surface area contributed by atoms with Crippen molar-refractivity contribution in [2.45, 2.75) is 39.2 Å². The van der Waals surface area contributed by atoms with Crippen LogP contribution in [0.25, 0.3) is 0 Å². The first-order chi connectivity index (χ1) is 11.5. The minimum Gasteiger partial charge on any atom is -0.352 e. The highest BCUT2D eigenvalue weighted by molar-refractivity contribution is 5.80. The summed E-state index contributed by atoms with van der Waals surface area (Å²) in [5.74, 6) is -0.0922. The Morgan fingerprint density at radius 3 is 2.58 bits per heavy atom. The number of hydrogen-bond donors (Lipinski definition) is 1. The number of hydrogen-bond acceptors (Lipinski definition) is 4. The number of likely N-dealkylation sites (tertiary alicyclic amines) is 1. The van der Waals surface area contributed by atoms with Gasteiger partial charge in [0.05, 0.1) is 4.92 Å². The highest BCUT2D eigenvalue weighted by atomic mass is 16.6. The number of nitro benzene ring substituents is 1. The third-order valence-electron chi connectivity index (χ3n) is 4.32. The van der Waals surface area contributed by atoms with Crippen LogP contribution in [-0.2, 0) is 16.1 Å². The monoisotopic (exact) mass is 333 g/mol. The van der Waals surface area contributed by atoms with Crippen LogP contribution >= 0.6 is 0 Å². The molecule has 2 amide bonds. The first-order valence-electron chi connectivity index (χ1n) is 8.30. The van der Waals surface area contributed by atoms with Gasteiger partial charge < -0.3 is 10.2 Å². The lowest BCUT2D eigenvalue weighted by Gasteiger charge is -2.31. The lowest BCUT2D eigenvalue weighted by molar-refractivity contribution is -0.385. The number of nitrogens with zero attached hydrogens (tertiary/aromatic N) is 2. The fraction of sp³-hybridized carbons (Fsp3) is 0.529. The quantitative estimate of drug-likeness (QED) is 0.638. The van der Waals surface area contributed by atoms with E-state index in [1.54, 1.807) is 18.2 Å². The van der Waals surface area contributed by atoms with Gasteiger partial charge in [0, 0.05) is 43.6 Å². The van der Waals surface area contributed by atoms with Crippen LogP contribution in [0.15, 0.2) is 24.3 Å². The van der Waals surface area contributed by atoms with Crippen molar-refractivity contribution in [1.82, 2.24) is 10.2 Å². The summed E-state index contributed by atoms with van der Waals surface area (Å²) in [6.45, 7) is 3.32. The minimum atomic E-state index is -0.445. The standard InChI is InChI=1S/C17H23N3O4/c1-2-5-16(21)19-10-8-13(9-11-19)17(22)18-12-14-6-3-4-7-15(14)20(23)24/h3-4,6-7,13H,2,5,8-12H2,1H3,(H,18,22). The Balaban J connectivity index is 1.84. The van der Waals surface area contributed by atoms with Gasteiger partial charge in [-0.05, 0) is 19.3 Å². The molecule has 1 saturated heterocycles. The van der Waals surface area contributed by atoms with Crippen molar-refractivity contribution in [2.24, 2.45) is 5.92 Å². The molecule has 7 heteroatoms. The van der Waals surface area contributed by atoms with Crippen molar-refractivity contribution in [1.29, 1.82) is 0 Å². The van der Waals surface area contributed by atoms with Crippen LogP contribution < -0.4 is 5.32 Å². The molecular weight excluding hydrogens is 310 g/mol. The predicted molar refractivity (Wildman–Crippen MR) is 89.2 cm³/mol. The van der Waals surface area contributed by atoms with E-state index in [1.165, 1.54) is 6.07 Å². The van der Waals surface area contributed by atoms with Gasteiger partial charge in [0.2, 0.25) is 11.8 Å². The molecule has 0 aliphatic carbocycles. The molecular formula is C17H23N3O4. The molecule has 1 N–H and O–H groups in total. The highest BCUT2D eigenvalue weighted by Gasteiger charge is 2.27. The Morgan fingerprint density at radius 2 is 1.96 bits per heavy atom. The lowest BCUT2D eigenvalue weighted by atomic mass is 9.95. The van der Waals surface area contributed by atoms with E-state index in [0.29, 0.717) is 37.9 Å². The van der Waals surface area contributed by atoms with E-state index in [-0.39, 0.29) is 30.0 Å². The Bertz CT molecular complexity index is 610. The molecule has 0 aromatic heterocycles. The van der Waals surface area contributed by atoms with Crippen LogP contribution in [-0.4, -0.2) is 34.7 Å². The van der Waals surface area contributed by atoms with Gasteiger partial charge in [0.15, 0.2) is 0 Å². The molecule has 0 bridgehead atoms. The summed E-state index contributed by atoms with van der Waals surface area (Å²) in [7, 11) is 0. The molecule has 130 valence electrons. The lowest BCUT2D eigenvalue weighted by Crippen LogP contribution is -2.42. The molecule has 0 radical (unpaired) electrons. The van der Waals surface area contributed by atoms with Crippen LogP contribution in [0, 0.1) is 16.0 Å². The van der Waals surface area contributed by atoms with E-state index in [1.807, 2.05) is 11.8 Å². The summed E-state index contributed by atoms with van der Waals surface area (Å²) in [6, 6.07) is 6.39. The van der Waals surface area contributed by atoms with Crippen LogP contribution in [0.5, 0.6) is 0 Å². The number of benzene rings is 1. The maximum Gasteiger partial charge on any atom is 0.274 e. The van der Waals surface area contributed by atoms with Crippen molar-refractivity contribution in [3.8, 4) is 0 Å². The number of carbonyl (C=O) groups is 2. The fourth-order valence-corrected chi connectivity index (χ4v) is 2.93. The van der Waals surface area contributed by atoms with Gasteiger partial charge in [-0.3, -0.25) is 19.7 Å². The molecule has 1 aromatic rings. The van der Waals surface area contributed by atoms with Gasteiger partial charge in [-0.1, -0.05) is 25.1 Å².